The van der Waals surface area contributed by atoms with E-state index in [4.69, 9.17) is 4.74 Å². The molecule has 0 aliphatic carbocycles. The van der Waals surface area contributed by atoms with Crippen LogP contribution in [0.25, 0.3) is 0 Å². The Balaban J connectivity index is 1.66. The highest BCUT2D eigenvalue weighted by molar-refractivity contribution is 5.43. The molecule has 2 aromatic rings. The Labute approximate surface area is 155 Å². The maximum Gasteiger partial charge on any atom is 0.119 e. The Bertz CT molecular complexity index is 654. The molecule has 2 rings (SSSR count). The van der Waals surface area contributed by atoms with Crippen LogP contribution in [0.5, 0.6) is 11.5 Å². The van der Waals surface area contributed by atoms with Gasteiger partial charge in [-0.3, -0.25) is 0 Å². The van der Waals surface area contributed by atoms with Gasteiger partial charge >= 0.3 is 0 Å². The molecule has 5 nitrogen and oxygen atoms in total. The molecule has 0 fully saturated rings. The lowest BCUT2D eigenvalue weighted by Gasteiger charge is -2.09. The number of aliphatic hydroxyl groups excluding tert-OH is 1. The van der Waals surface area contributed by atoms with Crippen molar-refractivity contribution in [3.8, 4) is 11.5 Å². The number of rotatable bonds is 11. The molecule has 26 heavy (non-hydrogen) atoms. The number of benzene rings is 2. The number of phenols is 1. The zero-order valence-corrected chi connectivity index (χ0v) is 15.3. The van der Waals surface area contributed by atoms with Crippen molar-refractivity contribution < 1.29 is 14.9 Å². The van der Waals surface area contributed by atoms with Crippen molar-refractivity contribution in [2.45, 2.75) is 51.6 Å². The maximum absolute atomic E-state index is 9.68. The summed E-state index contributed by atoms with van der Waals surface area (Å²) < 4.78 is 5.73. The molecule has 0 bridgehead atoms. The minimum absolute atomic E-state index is 0.149. The molecular weight excluding hydrogens is 328 g/mol. The fraction of sp³-hybridized carbons (Fsp3) is 0.429. The van der Waals surface area contributed by atoms with Crippen LogP contribution < -0.4 is 4.74 Å². The van der Waals surface area contributed by atoms with Gasteiger partial charge in [0, 0.05) is 0 Å². The van der Waals surface area contributed by atoms with Crippen LogP contribution in [-0.4, -0.2) is 22.9 Å². The van der Waals surface area contributed by atoms with E-state index in [0.717, 1.165) is 50.0 Å². The third-order valence-corrected chi connectivity index (χ3v) is 4.04. The van der Waals surface area contributed by atoms with E-state index < -0.39 is 0 Å². The summed E-state index contributed by atoms with van der Waals surface area (Å²) in [5, 5.41) is 27.2. The van der Waals surface area contributed by atoms with Crippen LogP contribution in [0.4, 0.5) is 11.4 Å². The molecule has 140 valence electrons. The van der Waals surface area contributed by atoms with Crippen LogP contribution in [0.1, 0.15) is 45.4 Å². The molecule has 2 aromatic carbocycles. The van der Waals surface area contributed by atoms with Crippen molar-refractivity contribution >= 4 is 11.4 Å². The smallest absolute Gasteiger partial charge is 0.119 e. The Morgan fingerprint density at radius 2 is 1.46 bits per heavy atom. The Kier molecular flexibility index (Phi) is 8.63. The van der Waals surface area contributed by atoms with Gasteiger partial charge in [0.1, 0.15) is 11.5 Å². The van der Waals surface area contributed by atoms with Crippen LogP contribution in [0.3, 0.4) is 0 Å². The number of phenolic OH excluding ortho intramolecular Hbond substituents is 1. The van der Waals surface area contributed by atoms with Gasteiger partial charge in [0.05, 0.1) is 24.1 Å². The summed E-state index contributed by atoms with van der Waals surface area (Å²) >= 11 is 0. The van der Waals surface area contributed by atoms with E-state index in [1.807, 2.05) is 24.3 Å². The Morgan fingerprint density at radius 3 is 2.08 bits per heavy atom. The number of aromatic hydroxyl groups is 1. The van der Waals surface area contributed by atoms with E-state index in [9.17, 15) is 10.2 Å². The van der Waals surface area contributed by atoms with Gasteiger partial charge in [-0.2, -0.15) is 10.2 Å². The largest absolute Gasteiger partial charge is 0.508 e. The zero-order chi connectivity index (χ0) is 18.6. The first-order chi connectivity index (χ1) is 12.7. The Morgan fingerprint density at radius 1 is 0.846 bits per heavy atom. The highest BCUT2D eigenvalue weighted by atomic mass is 16.5. The van der Waals surface area contributed by atoms with Gasteiger partial charge in [-0.05, 0) is 74.2 Å². The number of hydrogen-bond donors (Lipinski definition) is 2. The molecule has 0 aliphatic heterocycles. The second kappa shape index (κ2) is 11.3. The quantitative estimate of drug-likeness (QED) is 0.388. The third kappa shape index (κ3) is 7.66. The zero-order valence-electron chi connectivity index (χ0n) is 15.3. The van der Waals surface area contributed by atoms with Crippen molar-refractivity contribution in [2.24, 2.45) is 10.2 Å². The monoisotopic (exact) mass is 356 g/mol. The van der Waals surface area contributed by atoms with E-state index >= 15 is 0 Å². The fourth-order valence-electron chi connectivity index (χ4n) is 2.57. The average Bonchev–Trinajstić information content (AvgIpc) is 2.65. The van der Waals surface area contributed by atoms with E-state index in [0.29, 0.717) is 12.3 Å². The summed E-state index contributed by atoms with van der Waals surface area (Å²) in [6.07, 6.45) is 5.77. The van der Waals surface area contributed by atoms with Crippen molar-refractivity contribution in [3.05, 3.63) is 48.5 Å². The van der Waals surface area contributed by atoms with Gasteiger partial charge < -0.3 is 14.9 Å². The number of ether oxygens (including phenoxy) is 1. The lowest BCUT2D eigenvalue weighted by Crippen LogP contribution is -2.05. The molecule has 0 heterocycles. The first-order valence-corrected chi connectivity index (χ1v) is 9.29. The second-order valence-corrected chi connectivity index (χ2v) is 6.35. The lowest BCUT2D eigenvalue weighted by atomic mass is 10.1. The van der Waals surface area contributed by atoms with Crippen LogP contribution in [0, 0.1) is 0 Å². The van der Waals surface area contributed by atoms with Crippen molar-refractivity contribution in [1.29, 1.82) is 0 Å². The van der Waals surface area contributed by atoms with Gasteiger partial charge in [-0.1, -0.05) is 19.8 Å². The molecule has 0 radical (unpaired) electrons. The molecule has 5 heteroatoms. The van der Waals surface area contributed by atoms with Gasteiger partial charge in [0.15, 0.2) is 0 Å². The van der Waals surface area contributed by atoms with E-state index in [1.54, 1.807) is 24.3 Å². The fourth-order valence-corrected chi connectivity index (χ4v) is 2.57. The predicted octanol–water partition coefficient (Wildman–Crippen LogP) is 5.91. The molecule has 0 spiro atoms. The van der Waals surface area contributed by atoms with Crippen LogP contribution >= 0.6 is 0 Å². The summed E-state index contributed by atoms with van der Waals surface area (Å²) in [7, 11) is 0. The lowest BCUT2D eigenvalue weighted by molar-refractivity contribution is 0.149. The van der Waals surface area contributed by atoms with Gasteiger partial charge in [0.2, 0.25) is 0 Å². The van der Waals surface area contributed by atoms with Crippen LogP contribution in [0.15, 0.2) is 58.8 Å². The number of aliphatic hydroxyl groups is 1. The molecule has 2 N–H and O–H groups in total. The minimum atomic E-state index is -0.149. The molecule has 1 unspecified atom stereocenters. The number of nitrogens with zero attached hydrogens (tertiary/aromatic N) is 2. The van der Waals surface area contributed by atoms with Crippen molar-refractivity contribution in [3.63, 3.8) is 0 Å². The highest BCUT2D eigenvalue weighted by Gasteiger charge is 2.02. The summed E-state index contributed by atoms with van der Waals surface area (Å²) in [6.45, 7) is 2.77. The maximum atomic E-state index is 9.68. The van der Waals surface area contributed by atoms with Crippen LogP contribution in [-0.2, 0) is 0 Å². The second-order valence-electron chi connectivity index (χ2n) is 6.35. The number of azo groups is 1. The van der Waals surface area contributed by atoms with E-state index in [2.05, 4.69) is 17.2 Å². The summed E-state index contributed by atoms with van der Waals surface area (Å²) in [6, 6.07) is 14.1. The van der Waals surface area contributed by atoms with E-state index in [-0.39, 0.29) is 11.9 Å². The molecule has 0 saturated heterocycles. The first kappa shape index (κ1) is 19.9. The third-order valence-electron chi connectivity index (χ3n) is 4.04. The first-order valence-electron chi connectivity index (χ1n) is 9.29. The highest BCUT2D eigenvalue weighted by Crippen LogP contribution is 2.22. The SMILES string of the molecule is CCCC(O)CCCCCOc1ccc(N=Nc2ccc(O)cc2)cc1. The summed E-state index contributed by atoms with van der Waals surface area (Å²) in [4.78, 5) is 0. The molecule has 0 aromatic heterocycles. The molecule has 0 aliphatic rings. The van der Waals surface area contributed by atoms with Crippen molar-refractivity contribution in [1.82, 2.24) is 0 Å². The Hall–Kier alpha value is -2.40. The van der Waals surface area contributed by atoms with Gasteiger partial charge in [-0.25, -0.2) is 0 Å². The van der Waals surface area contributed by atoms with E-state index in [1.165, 1.54) is 0 Å². The molecule has 1 atom stereocenters. The molecular formula is C21H28N2O3. The van der Waals surface area contributed by atoms with Gasteiger partial charge in [-0.15, -0.1) is 0 Å². The standard InChI is InChI=1S/C21H28N2O3/c1-2-6-19(24)7-4-3-5-16-26-21-14-10-18(11-15-21)23-22-17-8-12-20(25)13-9-17/h8-15,19,24-25H,2-7,16H2,1H3. The molecule has 0 saturated carbocycles. The van der Waals surface area contributed by atoms with Gasteiger partial charge in [0.25, 0.3) is 0 Å². The topological polar surface area (TPSA) is 74.4 Å². The predicted molar refractivity (Wildman–Crippen MR) is 104 cm³/mol. The summed E-state index contributed by atoms with van der Waals surface area (Å²) in [5.41, 5.74) is 1.43. The normalized spacial score (nSPS) is 12.4. The molecule has 0 amide bonds. The average molecular weight is 356 g/mol. The number of hydrogen-bond acceptors (Lipinski definition) is 5. The van der Waals surface area contributed by atoms with Crippen molar-refractivity contribution in [2.75, 3.05) is 6.61 Å². The minimum Gasteiger partial charge on any atom is -0.508 e. The number of unbranched alkanes of at least 4 members (excludes halogenated alkanes) is 2. The summed E-state index contributed by atoms with van der Waals surface area (Å²) in [5.74, 6) is 1.03. The van der Waals surface area contributed by atoms with Crippen LogP contribution in [0.2, 0.25) is 0 Å².